The molecule has 0 radical (unpaired) electrons. The molecule has 7 heteroatoms. The summed E-state index contributed by atoms with van der Waals surface area (Å²) in [4.78, 5) is 11.0. The third kappa shape index (κ3) is 2.97. The van der Waals surface area contributed by atoms with Crippen molar-refractivity contribution in [2.45, 2.75) is 57.2 Å². The van der Waals surface area contributed by atoms with Crippen LogP contribution in [0.15, 0.2) is 17.2 Å². The van der Waals surface area contributed by atoms with E-state index in [1.807, 2.05) is 4.68 Å². The number of rotatable bonds is 5. The highest BCUT2D eigenvalue weighted by molar-refractivity contribution is 5.03. The molecule has 1 saturated carbocycles. The van der Waals surface area contributed by atoms with Crippen LogP contribution in [0.25, 0.3) is 0 Å². The van der Waals surface area contributed by atoms with Gasteiger partial charge in [0.1, 0.15) is 12.7 Å². The first-order valence-electron chi connectivity index (χ1n) is 7.77. The van der Waals surface area contributed by atoms with Crippen LogP contribution < -0.4 is 0 Å². The molecular weight excluding hydrogens is 268 g/mol. The zero-order chi connectivity index (χ0) is 14.1. The lowest BCUT2D eigenvalue weighted by molar-refractivity contribution is 0.108. The summed E-state index contributed by atoms with van der Waals surface area (Å²) in [5.41, 5.74) is 0. The Balaban J connectivity index is 1.42. The van der Waals surface area contributed by atoms with Crippen LogP contribution in [0.4, 0.5) is 0 Å². The third-order valence-electron chi connectivity index (χ3n) is 4.38. The van der Waals surface area contributed by atoms with Crippen molar-refractivity contribution in [3.8, 4) is 0 Å². The molecule has 0 aromatic carbocycles. The Kier molecular flexibility index (Phi) is 3.42. The highest BCUT2D eigenvalue weighted by atomic mass is 16.5. The maximum absolute atomic E-state index is 5.41. The quantitative estimate of drug-likeness (QED) is 0.832. The van der Waals surface area contributed by atoms with E-state index in [1.165, 1.54) is 32.1 Å². The monoisotopic (exact) mass is 288 g/mol. The van der Waals surface area contributed by atoms with Gasteiger partial charge in [0.2, 0.25) is 5.89 Å². The number of nitrogens with zero attached hydrogens (tertiary/aromatic N) is 6. The van der Waals surface area contributed by atoms with Gasteiger partial charge in [-0.25, -0.2) is 4.98 Å². The molecule has 0 amide bonds. The summed E-state index contributed by atoms with van der Waals surface area (Å²) in [5.74, 6) is 2.20. The van der Waals surface area contributed by atoms with Crippen LogP contribution in [0.2, 0.25) is 0 Å². The smallest absolute Gasteiger partial charge is 0.240 e. The molecule has 3 heterocycles. The van der Waals surface area contributed by atoms with Crippen molar-refractivity contribution < 1.29 is 4.52 Å². The zero-order valence-electron chi connectivity index (χ0n) is 12.1. The first-order chi connectivity index (χ1) is 10.4. The van der Waals surface area contributed by atoms with Crippen LogP contribution in [0, 0.1) is 0 Å². The number of piperidine rings is 1. The van der Waals surface area contributed by atoms with Crippen molar-refractivity contribution in [1.29, 1.82) is 0 Å². The SMILES string of the molecule is c1ncn(C[C@H]2CCCCN2Cc2nc(C3CC3)no2)n1. The van der Waals surface area contributed by atoms with Crippen molar-refractivity contribution in [3.63, 3.8) is 0 Å². The standard InChI is InChI=1S/C14H20N6O/c1-2-6-19(12(3-1)7-20-10-15-9-16-20)8-13-17-14(18-21-13)11-4-5-11/h9-12H,1-8H2/t12-/m1/s1. The van der Waals surface area contributed by atoms with Gasteiger partial charge in [-0.2, -0.15) is 10.1 Å². The van der Waals surface area contributed by atoms with Crippen LogP contribution in [0.3, 0.4) is 0 Å². The molecule has 2 aliphatic rings. The van der Waals surface area contributed by atoms with E-state index in [9.17, 15) is 0 Å². The molecule has 1 atom stereocenters. The largest absolute Gasteiger partial charge is 0.338 e. The molecule has 1 aliphatic heterocycles. The molecule has 0 bridgehead atoms. The van der Waals surface area contributed by atoms with Crippen molar-refractivity contribution in [1.82, 2.24) is 29.8 Å². The fraction of sp³-hybridized carbons (Fsp3) is 0.714. The first kappa shape index (κ1) is 12.9. The summed E-state index contributed by atoms with van der Waals surface area (Å²) in [6.45, 7) is 2.71. The average Bonchev–Trinajstić information content (AvgIpc) is 3.03. The Labute approximate surface area is 123 Å². The molecule has 21 heavy (non-hydrogen) atoms. The highest BCUT2D eigenvalue weighted by Crippen LogP contribution is 2.38. The molecule has 0 spiro atoms. The van der Waals surface area contributed by atoms with Gasteiger partial charge in [0.15, 0.2) is 5.82 Å². The molecule has 7 nitrogen and oxygen atoms in total. The van der Waals surface area contributed by atoms with Gasteiger partial charge in [-0.15, -0.1) is 0 Å². The summed E-state index contributed by atoms with van der Waals surface area (Å²) in [6.07, 6.45) is 9.47. The Hall–Kier alpha value is -1.76. The second kappa shape index (κ2) is 5.55. The van der Waals surface area contributed by atoms with Crippen molar-refractivity contribution in [2.24, 2.45) is 0 Å². The van der Waals surface area contributed by atoms with Gasteiger partial charge in [0.25, 0.3) is 0 Å². The topological polar surface area (TPSA) is 72.9 Å². The first-order valence-corrected chi connectivity index (χ1v) is 7.77. The predicted octanol–water partition coefficient (Wildman–Crippen LogP) is 1.59. The molecule has 2 fully saturated rings. The summed E-state index contributed by atoms with van der Waals surface area (Å²) < 4.78 is 7.32. The van der Waals surface area contributed by atoms with Gasteiger partial charge >= 0.3 is 0 Å². The third-order valence-corrected chi connectivity index (χ3v) is 4.38. The minimum atomic E-state index is 0.469. The van der Waals surface area contributed by atoms with E-state index in [2.05, 4.69) is 25.1 Å². The van der Waals surface area contributed by atoms with Crippen molar-refractivity contribution in [2.75, 3.05) is 6.54 Å². The van der Waals surface area contributed by atoms with E-state index in [0.717, 1.165) is 31.3 Å². The molecule has 2 aromatic rings. The second-order valence-electron chi connectivity index (χ2n) is 6.06. The van der Waals surface area contributed by atoms with Gasteiger partial charge < -0.3 is 4.52 Å². The van der Waals surface area contributed by atoms with Gasteiger partial charge in [0.05, 0.1) is 13.1 Å². The summed E-state index contributed by atoms with van der Waals surface area (Å²) >= 11 is 0. The van der Waals surface area contributed by atoms with Gasteiger partial charge in [-0.3, -0.25) is 9.58 Å². The molecule has 0 unspecified atom stereocenters. The van der Waals surface area contributed by atoms with E-state index in [-0.39, 0.29) is 0 Å². The maximum Gasteiger partial charge on any atom is 0.240 e. The normalized spacial score (nSPS) is 23.5. The Morgan fingerprint density at radius 3 is 3.00 bits per heavy atom. The van der Waals surface area contributed by atoms with E-state index < -0.39 is 0 Å². The Morgan fingerprint density at radius 2 is 2.19 bits per heavy atom. The molecule has 2 aromatic heterocycles. The van der Waals surface area contributed by atoms with Crippen LogP contribution in [-0.2, 0) is 13.1 Å². The molecule has 1 aliphatic carbocycles. The lowest BCUT2D eigenvalue weighted by Gasteiger charge is -2.34. The molecule has 112 valence electrons. The lowest BCUT2D eigenvalue weighted by atomic mass is 10.0. The van der Waals surface area contributed by atoms with Crippen LogP contribution >= 0.6 is 0 Å². The molecule has 0 N–H and O–H groups in total. The molecule has 1 saturated heterocycles. The van der Waals surface area contributed by atoms with Crippen LogP contribution in [-0.4, -0.2) is 42.4 Å². The van der Waals surface area contributed by atoms with E-state index in [1.54, 1.807) is 12.7 Å². The highest BCUT2D eigenvalue weighted by Gasteiger charge is 2.30. The molecular formula is C14H20N6O. The summed E-state index contributed by atoms with van der Waals surface area (Å²) in [7, 11) is 0. The fourth-order valence-corrected chi connectivity index (χ4v) is 3.03. The lowest BCUT2D eigenvalue weighted by Crippen LogP contribution is -2.41. The maximum atomic E-state index is 5.41. The van der Waals surface area contributed by atoms with E-state index >= 15 is 0 Å². The number of hydrogen-bond acceptors (Lipinski definition) is 6. The van der Waals surface area contributed by atoms with Crippen molar-refractivity contribution in [3.05, 3.63) is 24.4 Å². The molecule has 4 rings (SSSR count). The summed E-state index contributed by atoms with van der Waals surface area (Å²) in [6, 6.07) is 0.469. The van der Waals surface area contributed by atoms with Crippen LogP contribution in [0.5, 0.6) is 0 Å². The van der Waals surface area contributed by atoms with E-state index in [4.69, 9.17) is 4.52 Å². The van der Waals surface area contributed by atoms with Gasteiger partial charge in [-0.1, -0.05) is 11.6 Å². The minimum Gasteiger partial charge on any atom is -0.338 e. The minimum absolute atomic E-state index is 0.469. The fourth-order valence-electron chi connectivity index (χ4n) is 3.03. The summed E-state index contributed by atoms with van der Waals surface area (Å²) in [5, 5.41) is 8.32. The number of likely N-dealkylation sites (tertiary alicyclic amines) is 1. The predicted molar refractivity (Wildman–Crippen MR) is 74.3 cm³/mol. The van der Waals surface area contributed by atoms with Crippen molar-refractivity contribution >= 4 is 0 Å². The van der Waals surface area contributed by atoms with Crippen LogP contribution in [0.1, 0.15) is 49.7 Å². The van der Waals surface area contributed by atoms with Gasteiger partial charge in [-0.05, 0) is 32.2 Å². The Morgan fingerprint density at radius 1 is 1.24 bits per heavy atom. The van der Waals surface area contributed by atoms with Gasteiger partial charge in [0, 0.05) is 12.0 Å². The number of aromatic nitrogens is 5. The second-order valence-corrected chi connectivity index (χ2v) is 6.06. The Bertz CT molecular complexity index is 576. The van der Waals surface area contributed by atoms with E-state index in [0.29, 0.717) is 12.0 Å². The average molecular weight is 288 g/mol. The zero-order valence-corrected chi connectivity index (χ0v) is 12.1. The number of hydrogen-bond donors (Lipinski definition) is 0.